The van der Waals surface area contributed by atoms with Gasteiger partial charge >= 0.3 is 5.97 Å². The molecule has 5 nitrogen and oxygen atoms in total. The summed E-state index contributed by atoms with van der Waals surface area (Å²) in [5.41, 5.74) is -0.175. The lowest BCUT2D eigenvalue weighted by molar-refractivity contribution is -0.129. The van der Waals surface area contributed by atoms with Gasteiger partial charge in [-0.25, -0.2) is 4.79 Å². The first-order valence-electron chi connectivity index (χ1n) is 9.45. The molecule has 0 radical (unpaired) electrons. The van der Waals surface area contributed by atoms with Crippen LogP contribution in [0.3, 0.4) is 0 Å². The molecule has 27 heavy (non-hydrogen) atoms. The molecule has 2 rings (SSSR count). The van der Waals surface area contributed by atoms with Crippen molar-refractivity contribution in [3.05, 3.63) is 29.8 Å². The van der Waals surface area contributed by atoms with Crippen LogP contribution >= 0.6 is 11.8 Å². The first-order valence-corrected chi connectivity index (χ1v) is 10.3. The number of Topliss-reactive ketones (excluding diaryl/α,β-unsaturated/α-hetero) is 1. The molecule has 1 fully saturated rings. The van der Waals surface area contributed by atoms with Gasteiger partial charge in [0.25, 0.3) is 0 Å². The standard InChI is InChI=1S/C21H29NO4S/c1-14(19(24)22-15-9-5-6-10-15)27-17-12-8-7-11-16(17)20(25)26-13-18(23)21(2,3)4/h7-8,11-12,14-15H,5-6,9-10,13H2,1-4H3,(H,22,24)/t14-/m0/s1. The number of nitrogens with one attached hydrogen (secondary N) is 1. The lowest BCUT2D eigenvalue weighted by atomic mass is 9.91. The van der Waals surface area contributed by atoms with Crippen molar-refractivity contribution in [2.75, 3.05) is 6.61 Å². The number of ether oxygens (including phenoxy) is 1. The molecule has 0 spiro atoms. The number of carbonyl (C=O) groups excluding carboxylic acids is 3. The van der Waals surface area contributed by atoms with Crippen molar-refractivity contribution < 1.29 is 19.1 Å². The average Bonchev–Trinajstić information content (AvgIpc) is 3.11. The van der Waals surface area contributed by atoms with Crippen LogP contribution in [0.25, 0.3) is 0 Å². The Kier molecular flexibility index (Phi) is 7.48. The molecule has 1 aliphatic rings. The highest BCUT2D eigenvalue weighted by atomic mass is 32.2. The van der Waals surface area contributed by atoms with Gasteiger partial charge in [-0.3, -0.25) is 9.59 Å². The summed E-state index contributed by atoms with van der Waals surface area (Å²) in [6.07, 6.45) is 4.39. The summed E-state index contributed by atoms with van der Waals surface area (Å²) in [6, 6.07) is 7.29. The first kappa shape index (κ1) is 21.5. The predicted octanol–water partition coefficient (Wildman–Crippen LogP) is 4.00. The van der Waals surface area contributed by atoms with Crippen molar-refractivity contribution in [3.8, 4) is 0 Å². The zero-order valence-electron chi connectivity index (χ0n) is 16.5. The Morgan fingerprint density at radius 2 is 1.81 bits per heavy atom. The van der Waals surface area contributed by atoms with E-state index in [1.54, 1.807) is 39.0 Å². The largest absolute Gasteiger partial charge is 0.454 e. The number of hydrogen-bond donors (Lipinski definition) is 1. The molecule has 0 saturated heterocycles. The maximum absolute atomic E-state index is 12.4. The Morgan fingerprint density at radius 1 is 1.19 bits per heavy atom. The summed E-state index contributed by atoms with van der Waals surface area (Å²) >= 11 is 1.33. The normalized spacial score (nSPS) is 16.0. The highest BCUT2D eigenvalue weighted by molar-refractivity contribution is 8.00. The van der Waals surface area contributed by atoms with Crippen molar-refractivity contribution in [1.29, 1.82) is 0 Å². The van der Waals surface area contributed by atoms with Crippen LogP contribution in [-0.2, 0) is 14.3 Å². The van der Waals surface area contributed by atoms with Crippen molar-refractivity contribution in [2.45, 2.75) is 69.6 Å². The second-order valence-electron chi connectivity index (χ2n) is 8.00. The number of ketones is 1. The lowest BCUT2D eigenvalue weighted by Gasteiger charge is -2.18. The van der Waals surface area contributed by atoms with E-state index < -0.39 is 11.4 Å². The molecule has 1 saturated carbocycles. The summed E-state index contributed by atoms with van der Waals surface area (Å²) in [7, 11) is 0. The molecule has 0 bridgehead atoms. The van der Waals surface area contributed by atoms with Crippen LogP contribution in [0.2, 0.25) is 0 Å². The van der Waals surface area contributed by atoms with E-state index in [0.717, 1.165) is 25.7 Å². The summed E-state index contributed by atoms with van der Waals surface area (Å²) < 4.78 is 5.20. The van der Waals surface area contributed by atoms with Gasteiger partial charge < -0.3 is 10.1 Å². The molecule has 0 aromatic heterocycles. The quantitative estimate of drug-likeness (QED) is 0.562. The third-order valence-electron chi connectivity index (χ3n) is 4.65. The number of esters is 1. The van der Waals surface area contributed by atoms with Gasteiger partial charge in [-0.15, -0.1) is 11.8 Å². The Bertz CT molecular complexity index is 690. The fraction of sp³-hybridized carbons (Fsp3) is 0.571. The topological polar surface area (TPSA) is 72.5 Å². The first-order chi connectivity index (χ1) is 12.7. The monoisotopic (exact) mass is 391 g/mol. The van der Waals surface area contributed by atoms with Gasteiger partial charge in [-0.1, -0.05) is 45.7 Å². The minimum atomic E-state index is -0.554. The van der Waals surface area contributed by atoms with Crippen LogP contribution in [0.4, 0.5) is 0 Å². The summed E-state index contributed by atoms with van der Waals surface area (Å²) in [5, 5.41) is 2.76. The molecule has 1 amide bonds. The second kappa shape index (κ2) is 9.40. The third-order valence-corrected chi connectivity index (χ3v) is 5.83. The van der Waals surface area contributed by atoms with E-state index in [-0.39, 0.29) is 29.6 Å². The molecule has 6 heteroatoms. The van der Waals surface area contributed by atoms with Crippen LogP contribution in [0.5, 0.6) is 0 Å². The fourth-order valence-corrected chi connectivity index (χ4v) is 3.79. The van der Waals surface area contributed by atoms with E-state index in [4.69, 9.17) is 4.74 Å². The molecule has 0 aliphatic heterocycles. The molecule has 1 N–H and O–H groups in total. The van der Waals surface area contributed by atoms with Gasteiger partial charge in [0.2, 0.25) is 5.91 Å². The predicted molar refractivity (Wildman–Crippen MR) is 107 cm³/mol. The molecule has 1 atom stereocenters. The number of benzene rings is 1. The fourth-order valence-electron chi connectivity index (χ4n) is 2.80. The molecule has 1 aromatic carbocycles. The van der Waals surface area contributed by atoms with Gasteiger partial charge in [0.1, 0.15) is 0 Å². The Labute approximate surface area is 165 Å². The second-order valence-corrected chi connectivity index (χ2v) is 9.38. The van der Waals surface area contributed by atoms with E-state index in [0.29, 0.717) is 10.5 Å². The van der Waals surface area contributed by atoms with Crippen LogP contribution in [0.15, 0.2) is 29.2 Å². The summed E-state index contributed by atoms with van der Waals surface area (Å²) in [6.45, 7) is 6.95. The zero-order valence-corrected chi connectivity index (χ0v) is 17.4. The summed E-state index contributed by atoms with van der Waals surface area (Å²) in [4.78, 5) is 37.5. The van der Waals surface area contributed by atoms with E-state index in [1.807, 2.05) is 13.0 Å². The number of carbonyl (C=O) groups is 3. The Balaban J connectivity index is 1.98. The lowest BCUT2D eigenvalue weighted by Crippen LogP contribution is -2.37. The maximum atomic E-state index is 12.4. The molecule has 1 aromatic rings. The minimum absolute atomic E-state index is 0.0158. The van der Waals surface area contributed by atoms with Crippen molar-refractivity contribution in [3.63, 3.8) is 0 Å². The van der Waals surface area contributed by atoms with E-state index in [2.05, 4.69) is 5.32 Å². The van der Waals surface area contributed by atoms with Gasteiger partial charge in [-0.05, 0) is 31.9 Å². The maximum Gasteiger partial charge on any atom is 0.339 e. The summed E-state index contributed by atoms with van der Waals surface area (Å²) in [5.74, 6) is -0.692. The van der Waals surface area contributed by atoms with Crippen molar-refractivity contribution in [2.24, 2.45) is 5.41 Å². The van der Waals surface area contributed by atoms with Crippen molar-refractivity contribution >= 4 is 29.4 Å². The third kappa shape index (κ3) is 6.38. The van der Waals surface area contributed by atoms with E-state index in [1.165, 1.54) is 11.8 Å². The van der Waals surface area contributed by atoms with E-state index in [9.17, 15) is 14.4 Å². The molecule has 148 valence electrons. The highest BCUT2D eigenvalue weighted by Gasteiger charge is 2.25. The SMILES string of the molecule is C[C@H](Sc1ccccc1C(=O)OCC(=O)C(C)(C)C)C(=O)NC1CCCC1. The molecule has 1 aliphatic carbocycles. The van der Waals surface area contributed by atoms with Gasteiger partial charge in [0.05, 0.1) is 10.8 Å². The molecule has 0 heterocycles. The zero-order chi connectivity index (χ0) is 20.0. The smallest absolute Gasteiger partial charge is 0.339 e. The molecular weight excluding hydrogens is 362 g/mol. The van der Waals surface area contributed by atoms with E-state index >= 15 is 0 Å². The van der Waals surface area contributed by atoms with Gasteiger partial charge in [0.15, 0.2) is 12.4 Å². The van der Waals surface area contributed by atoms with Crippen LogP contribution in [0.1, 0.15) is 63.7 Å². The van der Waals surface area contributed by atoms with Crippen LogP contribution in [-0.4, -0.2) is 35.6 Å². The number of amides is 1. The van der Waals surface area contributed by atoms with Gasteiger partial charge in [-0.2, -0.15) is 0 Å². The van der Waals surface area contributed by atoms with Crippen molar-refractivity contribution in [1.82, 2.24) is 5.32 Å². The number of hydrogen-bond acceptors (Lipinski definition) is 5. The highest BCUT2D eigenvalue weighted by Crippen LogP contribution is 2.28. The van der Waals surface area contributed by atoms with Crippen LogP contribution in [0, 0.1) is 5.41 Å². The number of thioether (sulfide) groups is 1. The average molecular weight is 392 g/mol. The van der Waals surface area contributed by atoms with Crippen LogP contribution < -0.4 is 5.32 Å². The molecule has 0 unspecified atom stereocenters. The number of rotatable bonds is 7. The van der Waals surface area contributed by atoms with Gasteiger partial charge in [0, 0.05) is 16.4 Å². The Hall–Kier alpha value is -1.82. The minimum Gasteiger partial charge on any atom is -0.454 e. The Morgan fingerprint density at radius 3 is 2.44 bits per heavy atom. The molecular formula is C21H29NO4S.